The van der Waals surface area contributed by atoms with Crippen molar-refractivity contribution in [1.82, 2.24) is 10.2 Å². The molecular formula is C14H19BrN2. The van der Waals surface area contributed by atoms with Crippen LogP contribution in [0.5, 0.6) is 0 Å². The molecule has 0 aromatic heterocycles. The van der Waals surface area contributed by atoms with Gasteiger partial charge in [-0.15, -0.1) is 0 Å². The third kappa shape index (κ3) is 2.42. The number of fused-ring (bicyclic) bond motifs is 1. The van der Waals surface area contributed by atoms with Gasteiger partial charge in [0, 0.05) is 23.6 Å². The molecule has 0 unspecified atom stereocenters. The minimum absolute atomic E-state index is 0.788. The minimum Gasteiger partial charge on any atom is -0.317 e. The molecule has 1 aromatic carbocycles. The molecule has 92 valence electrons. The zero-order valence-electron chi connectivity index (χ0n) is 10.1. The Balaban J connectivity index is 1.77. The van der Waals surface area contributed by atoms with Gasteiger partial charge in [-0.1, -0.05) is 28.1 Å². The van der Waals surface area contributed by atoms with Crippen LogP contribution in [-0.2, 0) is 13.0 Å². The van der Waals surface area contributed by atoms with Gasteiger partial charge in [0.15, 0.2) is 0 Å². The SMILES string of the molecule is Brc1cccc2c1CN(C1CCNCC1)CC2. The van der Waals surface area contributed by atoms with E-state index >= 15 is 0 Å². The van der Waals surface area contributed by atoms with E-state index in [9.17, 15) is 0 Å². The Kier molecular flexibility index (Phi) is 3.50. The second-order valence-corrected chi connectivity index (χ2v) is 5.93. The molecule has 0 saturated carbocycles. The zero-order chi connectivity index (χ0) is 11.7. The molecule has 0 radical (unpaired) electrons. The van der Waals surface area contributed by atoms with Gasteiger partial charge in [0.2, 0.25) is 0 Å². The van der Waals surface area contributed by atoms with Gasteiger partial charge in [-0.25, -0.2) is 0 Å². The Bertz CT molecular complexity index is 399. The van der Waals surface area contributed by atoms with Gasteiger partial charge in [0.05, 0.1) is 0 Å². The lowest BCUT2D eigenvalue weighted by Gasteiger charge is -2.38. The third-order valence-corrected chi connectivity index (χ3v) is 4.81. The maximum atomic E-state index is 3.69. The van der Waals surface area contributed by atoms with Crippen molar-refractivity contribution in [2.75, 3.05) is 19.6 Å². The first-order valence-electron chi connectivity index (χ1n) is 6.55. The molecule has 2 aliphatic rings. The average Bonchev–Trinajstić information content (AvgIpc) is 2.40. The monoisotopic (exact) mass is 294 g/mol. The Morgan fingerprint density at radius 1 is 1.24 bits per heavy atom. The van der Waals surface area contributed by atoms with E-state index in [1.165, 1.54) is 54.5 Å². The molecule has 2 aliphatic heterocycles. The number of halogens is 1. The van der Waals surface area contributed by atoms with Crippen LogP contribution in [0.2, 0.25) is 0 Å². The van der Waals surface area contributed by atoms with Crippen molar-refractivity contribution in [2.24, 2.45) is 0 Å². The summed E-state index contributed by atoms with van der Waals surface area (Å²) in [5.74, 6) is 0. The summed E-state index contributed by atoms with van der Waals surface area (Å²) in [5, 5.41) is 3.45. The predicted molar refractivity (Wildman–Crippen MR) is 74.1 cm³/mol. The van der Waals surface area contributed by atoms with E-state index in [1.54, 1.807) is 0 Å². The smallest absolute Gasteiger partial charge is 0.0250 e. The van der Waals surface area contributed by atoms with Crippen molar-refractivity contribution in [1.29, 1.82) is 0 Å². The molecule has 0 spiro atoms. The number of hydrogen-bond donors (Lipinski definition) is 1. The molecule has 1 aromatic rings. The Morgan fingerprint density at radius 2 is 2.06 bits per heavy atom. The van der Waals surface area contributed by atoms with E-state index < -0.39 is 0 Å². The second kappa shape index (κ2) is 5.09. The number of rotatable bonds is 1. The summed E-state index contributed by atoms with van der Waals surface area (Å²) in [7, 11) is 0. The van der Waals surface area contributed by atoms with Gasteiger partial charge < -0.3 is 5.32 Å². The Morgan fingerprint density at radius 3 is 2.88 bits per heavy atom. The summed E-state index contributed by atoms with van der Waals surface area (Å²) in [5.41, 5.74) is 3.04. The Hall–Kier alpha value is -0.380. The summed E-state index contributed by atoms with van der Waals surface area (Å²) in [4.78, 5) is 2.67. The highest BCUT2D eigenvalue weighted by Crippen LogP contribution is 2.28. The Labute approximate surface area is 112 Å². The van der Waals surface area contributed by atoms with Crippen molar-refractivity contribution in [3.63, 3.8) is 0 Å². The van der Waals surface area contributed by atoms with Gasteiger partial charge in [0.25, 0.3) is 0 Å². The van der Waals surface area contributed by atoms with Crippen LogP contribution in [0.25, 0.3) is 0 Å². The van der Waals surface area contributed by atoms with Gasteiger partial charge >= 0.3 is 0 Å². The van der Waals surface area contributed by atoms with E-state index in [0.29, 0.717) is 0 Å². The average molecular weight is 295 g/mol. The van der Waals surface area contributed by atoms with Crippen LogP contribution in [0.4, 0.5) is 0 Å². The number of nitrogens with one attached hydrogen (secondary N) is 1. The second-order valence-electron chi connectivity index (χ2n) is 5.08. The van der Waals surface area contributed by atoms with Crippen LogP contribution in [0.1, 0.15) is 24.0 Å². The molecule has 2 nitrogen and oxygen atoms in total. The summed E-state index contributed by atoms with van der Waals surface area (Å²) in [6.45, 7) is 4.73. The molecule has 2 heterocycles. The fourth-order valence-electron chi connectivity index (χ4n) is 3.04. The summed E-state index contributed by atoms with van der Waals surface area (Å²) < 4.78 is 1.29. The van der Waals surface area contributed by atoms with Crippen LogP contribution < -0.4 is 5.32 Å². The lowest BCUT2D eigenvalue weighted by molar-refractivity contribution is 0.146. The minimum atomic E-state index is 0.788. The van der Waals surface area contributed by atoms with E-state index in [-0.39, 0.29) is 0 Å². The zero-order valence-corrected chi connectivity index (χ0v) is 11.7. The lowest BCUT2D eigenvalue weighted by Crippen LogP contribution is -2.45. The van der Waals surface area contributed by atoms with Gasteiger partial charge in [-0.2, -0.15) is 0 Å². The van der Waals surface area contributed by atoms with E-state index in [2.05, 4.69) is 44.3 Å². The fraction of sp³-hybridized carbons (Fsp3) is 0.571. The van der Waals surface area contributed by atoms with Crippen molar-refractivity contribution in [3.05, 3.63) is 33.8 Å². The molecule has 3 rings (SSSR count). The quantitative estimate of drug-likeness (QED) is 0.856. The topological polar surface area (TPSA) is 15.3 Å². The highest BCUT2D eigenvalue weighted by Gasteiger charge is 2.25. The van der Waals surface area contributed by atoms with E-state index in [4.69, 9.17) is 0 Å². The number of benzene rings is 1. The first kappa shape index (κ1) is 11.7. The van der Waals surface area contributed by atoms with Gasteiger partial charge in [-0.3, -0.25) is 4.90 Å². The van der Waals surface area contributed by atoms with Crippen LogP contribution in [0.3, 0.4) is 0 Å². The van der Waals surface area contributed by atoms with Crippen molar-refractivity contribution >= 4 is 15.9 Å². The first-order valence-corrected chi connectivity index (χ1v) is 7.35. The van der Waals surface area contributed by atoms with Crippen molar-refractivity contribution in [2.45, 2.75) is 31.8 Å². The van der Waals surface area contributed by atoms with Crippen LogP contribution in [-0.4, -0.2) is 30.6 Å². The molecule has 0 atom stereocenters. The third-order valence-electron chi connectivity index (χ3n) is 4.07. The predicted octanol–water partition coefficient (Wildman–Crippen LogP) is 2.56. The van der Waals surface area contributed by atoms with E-state index in [0.717, 1.165) is 12.6 Å². The van der Waals surface area contributed by atoms with Gasteiger partial charge in [0.1, 0.15) is 0 Å². The van der Waals surface area contributed by atoms with E-state index in [1.807, 2.05) is 0 Å². The van der Waals surface area contributed by atoms with Crippen LogP contribution in [0.15, 0.2) is 22.7 Å². The van der Waals surface area contributed by atoms with Gasteiger partial charge in [-0.05, 0) is 49.5 Å². The summed E-state index contributed by atoms with van der Waals surface area (Å²) in [6.07, 6.45) is 3.82. The molecule has 3 heteroatoms. The largest absolute Gasteiger partial charge is 0.317 e. The van der Waals surface area contributed by atoms with Crippen LogP contribution in [0, 0.1) is 0 Å². The van der Waals surface area contributed by atoms with Crippen molar-refractivity contribution in [3.8, 4) is 0 Å². The number of nitrogens with zero attached hydrogens (tertiary/aromatic N) is 1. The maximum absolute atomic E-state index is 3.69. The van der Waals surface area contributed by atoms with Crippen LogP contribution >= 0.6 is 15.9 Å². The highest BCUT2D eigenvalue weighted by molar-refractivity contribution is 9.10. The highest BCUT2D eigenvalue weighted by atomic mass is 79.9. The fourth-order valence-corrected chi connectivity index (χ4v) is 3.58. The molecule has 17 heavy (non-hydrogen) atoms. The standard InChI is InChI=1S/C14H19BrN2/c15-14-3-1-2-11-6-9-17(10-13(11)14)12-4-7-16-8-5-12/h1-3,12,16H,4-10H2. The number of piperidine rings is 1. The lowest BCUT2D eigenvalue weighted by atomic mass is 9.96. The maximum Gasteiger partial charge on any atom is 0.0250 e. The molecular weight excluding hydrogens is 276 g/mol. The van der Waals surface area contributed by atoms with Crippen molar-refractivity contribution < 1.29 is 0 Å². The normalized spacial score (nSPS) is 22.4. The molecule has 1 saturated heterocycles. The molecule has 0 bridgehead atoms. The summed E-state index contributed by atoms with van der Waals surface area (Å²) >= 11 is 3.69. The molecule has 0 aliphatic carbocycles. The number of hydrogen-bond acceptors (Lipinski definition) is 2. The molecule has 0 amide bonds. The molecule has 1 fully saturated rings. The summed E-state index contributed by atoms with van der Waals surface area (Å²) in [6, 6.07) is 7.39. The first-order chi connectivity index (χ1) is 8.34. The molecule has 1 N–H and O–H groups in total.